The lowest BCUT2D eigenvalue weighted by Crippen LogP contribution is -2.45. The topological polar surface area (TPSA) is 33.2 Å². The van der Waals surface area contributed by atoms with E-state index in [0.29, 0.717) is 4.60 Å². The van der Waals surface area contributed by atoms with Gasteiger partial charge >= 0.3 is 6.18 Å². The summed E-state index contributed by atoms with van der Waals surface area (Å²) in [5.74, 6) is -0.452. The highest BCUT2D eigenvalue weighted by Gasteiger charge is 2.40. The number of amides is 1. The van der Waals surface area contributed by atoms with Gasteiger partial charge in [-0.2, -0.15) is 13.2 Å². The highest BCUT2D eigenvalue weighted by Crippen LogP contribution is 2.36. The van der Waals surface area contributed by atoms with Gasteiger partial charge in [-0.3, -0.25) is 4.79 Å². The lowest BCUT2D eigenvalue weighted by Gasteiger charge is -2.30. The average Bonchev–Trinajstić information content (AvgIpc) is 3.18. The number of rotatable bonds is 4. The molecule has 2 rings (SSSR count). The second-order valence-electron chi connectivity index (χ2n) is 5.00. The quantitative estimate of drug-likeness (QED) is 0.776. The fourth-order valence-corrected chi connectivity index (χ4v) is 2.33. The summed E-state index contributed by atoms with van der Waals surface area (Å²) in [5.41, 5.74) is 0.171. The standard InChI is InChI=1S/C13H14BrF3N2O/c1-8(9-2-3-9)19(7-13(15,16)17)12(20)10-4-5-11(14)18-6-10/h4-6,8-9H,2-3,7H2,1H3. The molecule has 1 heterocycles. The van der Waals surface area contributed by atoms with Gasteiger partial charge in [-0.05, 0) is 53.7 Å². The molecule has 1 amide bonds. The molecule has 1 unspecified atom stereocenters. The van der Waals surface area contributed by atoms with Gasteiger partial charge in [0.2, 0.25) is 0 Å². The summed E-state index contributed by atoms with van der Waals surface area (Å²) < 4.78 is 38.6. The second kappa shape index (κ2) is 5.71. The number of carbonyl (C=O) groups is 1. The van der Waals surface area contributed by atoms with Crippen molar-refractivity contribution in [1.29, 1.82) is 0 Å². The van der Waals surface area contributed by atoms with Gasteiger partial charge in [0.1, 0.15) is 11.1 Å². The van der Waals surface area contributed by atoms with Crippen LogP contribution in [0.3, 0.4) is 0 Å². The normalized spacial score (nSPS) is 16.9. The van der Waals surface area contributed by atoms with E-state index in [1.807, 2.05) is 0 Å². The van der Waals surface area contributed by atoms with Gasteiger partial charge in [-0.25, -0.2) is 4.98 Å². The molecule has 0 aromatic carbocycles. The van der Waals surface area contributed by atoms with Gasteiger partial charge in [0, 0.05) is 12.2 Å². The van der Waals surface area contributed by atoms with Crippen molar-refractivity contribution in [3.8, 4) is 0 Å². The maximum absolute atomic E-state index is 12.7. The average molecular weight is 351 g/mol. The van der Waals surface area contributed by atoms with Crippen LogP contribution in [-0.2, 0) is 0 Å². The molecule has 0 bridgehead atoms. The third kappa shape index (κ3) is 3.94. The first kappa shape index (κ1) is 15.3. The number of carbonyl (C=O) groups excluding carboxylic acids is 1. The molecule has 1 aliphatic rings. The molecule has 1 fully saturated rings. The van der Waals surface area contributed by atoms with Crippen LogP contribution in [-0.4, -0.2) is 34.6 Å². The molecule has 1 saturated carbocycles. The predicted molar refractivity (Wildman–Crippen MR) is 71.2 cm³/mol. The SMILES string of the molecule is CC(C1CC1)N(CC(F)(F)F)C(=O)c1ccc(Br)nc1. The Morgan fingerprint density at radius 2 is 2.15 bits per heavy atom. The smallest absolute Gasteiger partial charge is 0.327 e. The minimum atomic E-state index is -4.40. The van der Waals surface area contributed by atoms with E-state index >= 15 is 0 Å². The van der Waals surface area contributed by atoms with Crippen molar-refractivity contribution in [2.24, 2.45) is 5.92 Å². The molecular weight excluding hydrogens is 337 g/mol. The Morgan fingerprint density at radius 3 is 2.60 bits per heavy atom. The molecule has 1 aromatic heterocycles. The van der Waals surface area contributed by atoms with Gasteiger partial charge < -0.3 is 4.90 Å². The third-order valence-electron chi connectivity index (χ3n) is 3.38. The highest BCUT2D eigenvalue weighted by atomic mass is 79.9. The lowest BCUT2D eigenvalue weighted by molar-refractivity contribution is -0.144. The number of pyridine rings is 1. The summed E-state index contributed by atoms with van der Waals surface area (Å²) in [6.07, 6.45) is -1.36. The molecule has 110 valence electrons. The maximum atomic E-state index is 12.7. The minimum absolute atomic E-state index is 0.171. The number of hydrogen-bond acceptors (Lipinski definition) is 2. The fraction of sp³-hybridized carbons (Fsp3) is 0.538. The largest absolute Gasteiger partial charge is 0.406 e. The molecule has 7 heteroatoms. The van der Waals surface area contributed by atoms with E-state index in [1.54, 1.807) is 13.0 Å². The summed E-state index contributed by atoms with van der Waals surface area (Å²) in [7, 11) is 0. The molecular formula is C13H14BrF3N2O. The molecule has 1 aromatic rings. The number of aromatic nitrogens is 1. The van der Waals surface area contributed by atoms with Crippen LogP contribution >= 0.6 is 15.9 Å². The van der Waals surface area contributed by atoms with Gasteiger partial charge in [0.15, 0.2) is 0 Å². The Kier molecular flexibility index (Phi) is 4.36. The number of halogens is 4. The van der Waals surface area contributed by atoms with E-state index in [1.165, 1.54) is 12.3 Å². The molecule has 1 atom stereocenters. The Morgan fingerprint density at radius 1 is 1.50 bits per heavy atom. The van der Waals surface area contributed by atoms with Crippen LogP contribution in [0.15, 0.2) is 22.9 Å². The van der Waals surface area contributed by atoms with Gasteiger partial charge in [-0.1, -0.05) is 0 Å². The highest BCUT2D eigenvalue weighted by molar-refractivity contribution is 9.10. The summed E-state index contributed by atoms with van der Waals surface area (Å²) in [6, 6.07) is 2.61. The van der Waals surface area contributed by atoms with Crippen molar-refractivity contribution in [1.82, 2.24) is 9.88 Å². The van der Waals surface area contributed by atoms with Crippen LogP contribution in [0.5, 0.6) is 0 Å². The Labute approximate surface area is 123 Å². The van der Waals surface area contributed by atoms with Crippen LogP contribution in [0.2, 0.25) is 0 Å². The molecule has 1 aliphatic carbocycles. The minimum Gasteiger partial charge on any atom is -0.327 e. The van der Waals surface area contributed by atoms with Crippen molar-refractivity contribution in [3.05, 3.63) is 28.5 Å². The molecule has 0 radical (unpaired) electrons. The number of hydrogen-bond donors (Lipinski definition) is 0. The molecule has 0 saturated heterocycles. The first-order chi connectivity index (χ1) is 9.28. The Bertz CT molecular complexity index is 485. The van der Waals surface area contributed by atoms with Crippen LogP contribution in [0.25, 0.3) is 0 Å². The second-order valence-corrected chi connectivity index (χ2v) is 5.81. The first-order valence-electron chi connectivity index (χ1n) is 6.27. The zero-order valence-corrected chi connectivity index (χ0v) is 12.4. The zero-order valence-electron chi connectivity index (χ0n) is 10.8. The fourth-order valence-electron chi connectivity index (χ4n) is 2.10. The molecule has 3 nitrogen and oxygen atoms in total. The van der Waals surface area contributed by atoms with Crippen molar-refractivity contribution >= 4 is 21.8 Å². The van der Waals surface area contributed by atoms with Gasteiger partial charge in [0.05, 0.1) is 5.56 Å². The summed E-state index contributed by atoms with van der Waals surface area (Å²) in [5, 5.41) is 0. The number of nitrogens with zero attached hydrogens (tertiary/aromatic N) is 2. The van der Waals surface area contributed by atoms with E-state index in [4.69, 9.17) is 0 Å². The van der Waals surface area contributed by atoms with Crippen molar-refractivity contribution in [3.63, 3.8) is 0 Å². The number of alkyl halides is 3. The van der Waals surface area contributed by atoms with E-state index in [9.17, 15) is 18.0 Å². The van der Waals surface area contributed by atoms with Gasteiger partial charge in [-0.15, -0.1) is 0 Å². The van der Waals surface area contributed by atoms with Crippen LogP contribution < -0.4 is 0 Å². The predicted octanol–water partition coefficient (Wildman–Crippen LogP) is 3.65. The Hall–Kier alpha value is -1.11. The molecule has 0 aliphatic heterocycles. The van der Waals surface area contributed by atoms with E-state index in [0.717, 1.165) is 17.7 Å². The van der Waals surface area contributed by atoms with Crippen LogP contribution in [0, 0.1) is 5.92 Å². The summed E-state index contributed by atoms with van der Waals surface area (Å²) in [4.78, 5) is 17.1. The van der Waals surface area contributed by atoms with E-state index in [2.05, 4.69) is 20.9 Å². The maximum Gasteiger partial charge on any atom is 0.406 e. The third-order valence-corrected chi connectivity index (χ3v) is 3.85. The van der Waals surface area contributed by atoms with E-state index < -0.39 is 24.7 Å². The van der Waals surface area contributed by atoms with Crippen molar-refractivity contribution < 1.29 is 18.0 Å². The van der Waals surface area contributed by atoms with Crippen molar-refractivity contribution in [2.75, 3.05) is 6.54 Å². The first-order valence-corrected chi connectivity index (χ1v) is 7.06. The zero-order chi connectivity index (χ0) is 14.9. The Balaban J connectivity index is 2.20. The van der Waals surface area contributed by atoms with E-state index in [-0.39, 0.29) is 11.5 Å². The summed E-state index contributed by atoms with van der Waals surface area (Å²) in [6.45, 7) is 0.452. The van der Waals surface area contributed by atoms with Crippen LogP contribution in [0.4, 0.5) is 13.2 Å². The lowest BCUT2D eigenvalue weighted by atomic mass is 10.1. The molecule has 20 heavy (non-hydrogen) atoms. The van der Waals surface area contributed by atoms with Gasteiger partial charge in [0.25, 0.3) is 5.91 Å². The molecule has 0 N–H and O–H groups in total. The monoisotopic (exact) mass is 350 g/mol. The van der Waals surface area contributed by atoms with Crippen LogP contribution in [0.1, 0.15) is 30.1 Å². The summed E-state index contributed by atoms with van der Waals surface area (Å²) >= 11 is 3.13. The van der Waals surface area contributed by atoms with Crippen molar-refractivity contribution in [2.45, 2.75) is 32.0 Å². The molecule has 0 spiro atoms.